The minimum Gasteiger partial charge on any atom is -0.309 e. The SMILES string of the molecule is c1ccc(-n2c3ccccc3c3c4c(ccc32)c2cnccc2n2c3ncccc3nc42)cc1. The highest BCUT2D eigenvalue weighted by Crippen LogP contribution is 2.41. The van der Waals surface area contributed by atoms with Crippen LogP contribution in [0, 0.1) is 0 Å². The van der Waals surface area contributed by atoms with E-state index in [9.17, 15) is 0 Å². The van der Waals surface area contributed by atoms with Gasteiger partial charge in [-0.15, -0.1) is 0 Å². The zero-order valence-electron chi connectivity index (χ0n) is 18.1. The largest absolute Gasteiger partial charge is 0.309 e. The number of hydrogen-bond donors (Lipinski definition) is 0. The van der Waals surface area contributed by atoms with Crippen LogP contribution in [0.2, 0.25) is 0 Å². The van der Waals surface area contributed by atoms with E-state index in [1.807, 2.05) is 30.7 Å². The summed E-state index contributed by atoms with van der Waals surface area (Å²) in [5, 5.41) is 5.77. The third kappa shape index (κ3) is 2.16. The summed E-state index contributed by atoms with van der Waals surface area (Å²) in [6.45, 7) is 0. The van der Waals surface area contributed by atoms with Gasteiger partial charge in [0.2, 0.25) is 0 Å². The minimum absolute atomic E-state index is 0.861. The molecule has 0 aliphatic rings. The number of imidazole rings is 1. The van der Waals surface area contributed by atoms with Gasteiger partial charge >= 0.3 is 0 Å². The molecule has 5 nitrogen and oxygen atoms in total. The standard InChI is InChI=1S/C29H17N5/c1-2-7-18(8-3-1)33-23-11-5-4-9-20(23)26-25(33)13-12-19-21-17-30-16-14-24(21)34-28-22(10-6-15-31-28)32-29(34)27(19)26/h1-17H. The van der Waals surface area contributed by atoms with E-state index < -0.39 is 0 Å². The van der Waals surface area contributed by atoms with Crippen LogP contribution in [-0.2, 0) is 0 Å². The van der Waals surface area contributed by atoms with Crippen molar-refractivity contribution in [1.82, 2.24) is 23.9 Å². The first-order valence-electron chi connectivity index (χ1n) is 11.3. The Balaban J connectivity index is 1.73. The van der Waals surface area contributed by atoms with Gasteiger partial charge in [0.25, 0.3) is 0 Å². The van der Waals surface area contributed by atoms with Crippen molar-refractivity contribution in [3.8, 4) is 5.69 Å². The maximum Gasteiger partial charge on any atom is 0.164 e. The molecule has 158 valence electrons. The van der Waals surface area contributed by atoms with Crippen LogP contribution in [0.25, 0.3) is 66.0 Å². The fraction of sp³-hybridized carbons (Fsp3) is 0. The Morgan fingerprint density at radius 3 is 2.38 bits per heavy atom. The quantitative estimate of drug-likeness (QED) is 0.270. The Kier molecular flexibility index (Phi) is 3.34. The van der Waals surface area contributed by atoms with Gasteiger partial charge < -0.3 is 4.57 Å². The van der Waals surface area contributed by atoms with Gasteiger partial charge in [-0.25, -0.2) is 9.97 Å². The van der Waals surface area contributed by atoms with Gasteiger partial charge in [0, 0.05) is 45.8 Å². The molecule has 0 aliphatic heterocycles. The molecule has 0 radical (unpaired) electrons. The first-order chi connectivity index (χ1) is 16.9. The molecule has 5 heteroatoms. The van der Waals surface area contributed by atoms with Crippen molar-refractivity contribution in [3.05, 3.63) is 104 Å². The summed E-state index contributed by atoms with van der Waals surface area (Å²) in [7, 11) is 0. The fourth-order valence-electron chi connectivity index (χ4n) is 5.47. The minimum atomic E-state index is 0.861. The third-order valence-corrected chi connectivity index (χ3v) is 6.82. The van der Waals surface area contributed by atoms with E-state index in [0.717, 1.165) is 49.7 Å². The van der Waals surface area contributed by atoms with Crippen LogP contribution in [-0.4, -0.2) is 23.9 Å². The van der Waals surface area contributed by atoms with Crippen LogP contribution in [0.3, 0.4) is 0 Å². The number of nitrogens with zero attached hydrogens (tertiary/aromatic N) is 5. The molecule has 34 heavy (non-hydrogen) atoms. The second kappa shape index (κ2) is 6.39. The summed E-state index contributed by atoms with van der Waals surface area (Å²) in [5.41, 5.74) is 7.20. The predicted octanol–water partition coefficient (Wildman–Crippen LogP) is 6.68. The second-order valence-corrected chi connectivity index (χ2v) is 8.58. The predicted molar refractivity (Wildman–Crippen MR) is 138 cm³/mol. The van der Waals surface area contributed by atoms with Crippen molar-refractivity contribution in [2.45, 2.75) is 0 Å². The Hall–Kier alpha value is -4.77. The topological polar surface area (TPSA) is 48.0 Å². The maximum atomic E-state index is 5.10. The highest BCUT2D eigenvalue weighted by molar-refractivity contribution is 6.29. The lowest BCUT2D eigenvalue weighted by Crippen LogP contribution is -1.95. The molecule has 8 rings (SSSR count). The zero-order valence-corrected chi connectivity index (χ0v) is 18.1. The number of fused-ring (bicyclic) bond motifs is 12. The van der Waals surface area contributed by atoms with Gasteiger partial charge in [0.15, 0.2) is 5.65 Å². The van der Waals surface area contributed by atoms with Crippen molar-refractivity contribution in [2.75, 3.05) is 0 Å². The van der Waals surface area contributed by atoms with Crippen molar-refractivity contribution >= 4 is 60.3 Å². The number of rotatable bonds is 1. The van der Waals surface area contributed by atoms with E-state index in [2.05, 4.69) is 86.7 Å². The summed E-state index contributed by atoms with van der Waals surface area (Å²) in [5.74, 6) is 0. The van der Waals surface area contributed by atoms with E-state index in [4.69, 9.17) is 9.97 Å². The van der Waals surface area contributed by atoms with Gasteiger partial charge in [0.05, 0.1) is 16.6 Å². The smallest absolute Gasteiger partial charge is 0.164 e. The molecule has 3 aromatic carbocycles. The lowest BCUT2D eigenvalue weighted by Gasteiger charge is -2.11. The maximum absolute atomic E-state index is 5.10. The molecule has 0 spiro atoms. The molecule has 0 saturated heterocycles. The van der Waals surface area contributed by atoms with Gasteiger partial charge in [-0.2, -0.15) is 0 Å². The number of hydrogen-bond acceptors (Lipinski definition) is 3. The fourth-order valence-corrected chi connectivity index (χ4v) is 5.47. The number of aromatic nitrogens is 5. The van der Waals surface area contributed by atoms with E-state index in [1.165, 1.54) is 16.3 Å². The molecule has 0 unspecified atom stereocenters. The van der Waals surface area contributed by atoms with E-state index in [1.54, 1.807) is 0 Å². The van der Waals surface area contributed by atoms with E-state index in [0.29, 0.717) is 0 Å². The molecule has 0 amide bonds. The van der Waals surface area contributed by atoms with Gasteiger partial charge in [-0.3, -0.25) is 9.38 Å². The molecule has 5 aromatic heterocycles. The molecule has 0 N–H and O–H groups in total. The van der Waals surface area contributed by atoms with Crippen LogP contribution in [0.1, 0.15) is 0 Å². The van der Waals surface area contributed by atoms with Crippen molar-refractivity contribution in [3.63, 3.8) is 0 Å². The zero-order chi connectivity index (χ0) is 22.2. The van der Waals surface area contributed by atoms with Crippen LogP contribution < -0.4 is 0 Å². The molecular weight excluding hydrogens is 418 g/mol. The first kappa shape index (κ1) is 17.7. The molecule has 0 fully saturated rings. The summed E-state index contributed by atoms with van der Waals surface area (Å²) < 4.78 is 4.53. The van der Waals surface area contributed by atoms with Crippen molar-refractivity contribution in [2.24, 2.45) is 0 Å². The molecule has 8 aromatic rings. The monoisotopic (exact) mass is 435 g/mol. The average molecular weight is 435 g/mol. The van der Waals surface area contributed by atoms with Crippen LogP contribution in [0.5, 0.6) is 0 Å². The first-order valence-corrected chi connectivity index (χ1v) is 11.3. The van der Waals surface area contributed by atoms with E-state index >= 15 is 0 Å². The highest BCUT2D eigenvalue weighted by atomic mass is 15.1. The lowest BCUT2D eigenvalue weighted by atomic mass is 10.0. The average Bonchev–Trinajstić information content (AvgIpc) is 3.45. The third-order valence-electron chi connectivity index (χ3n) is 6.82. The highest BCUT2D eigenvalue weighted by Gasteiger charge is 2.20. The molecule has 0 aliphatic carbocycles. The normalized spacial score (nSPS) is 12.1. The van der Waals surface area contributed by atoms with Gasteiger partial charge in [-0.1, -0.05) is 42.5 Å². The van der Waals surface area contributed by atoms with Crippen molar-refractivity contribution in [1.29, 1.82) is 0 Å². The Morgan fingerprint density at radius 2 is 1.44 bits per heavy atom. The van der Waals surface area contributed by atoms with Crippen molar-refractivity contribution < 1.29 is 0 Å². The summed E-state index contributed by atoms with van der Waals surface area (Å²) in [6.07, 6.45) is 5.62. The Bertz CT molecular complexity index is 2070. The number of para-hydroxylation sites is 2. The molecule has 0 atom stereocenters. The number of benzene rings is 3. The van der Waals surface area contributed by atoms with Gasteiger partial charge in [0.1, 0.15) is 11.2 Å². The molecular formula is C29H17N5. The summed E-state index contributed by atoms with van der Waals surface area (Å²) >= 11 is 0. The molecule has 0 saturated carbocycles. The van der Waals surface area contributed by atoms with Gasteiger partial charge in [-0.05, 0) is 47.9 Å². The van der Waals surface area contributed by atoms with Crippen LogP contribution >= 0.6 is 0 Å². The molecule has 0 bridgehead atoms. The van der Waals surface area contributed by atoms with Crippen LogP contribution in [0.15, 0.2) is 104 Å². The summed E-state index contributed by atoms with van der Waals surface area (Å²) in [4.78, 5) is 14.3. The van der Waals surface area contributed by atoms with Crippen LogP contribution in [0.4, 0.5) is 0 Å². The number of pyridine rings is 3. The Labute approximate surface area is 193 Å². The lowest BCUT2D eigenvalue weighted by molar-refractivity contribution is 1.18. The second-order valence-electron chi connectivity index (χ2n) is 8.58. The Morgan fingerprint density at radius 1 is 0.559 bits per heavy atom. The summed E-state index contributed by atoms with van der Waals surface area (Å²) in [6, 6.07) is 29.6. The molecule has 5 heterocycles. The van der Waals surface area contributed by atoms with E-state index in [-0.39, 0.29) is 0 Å².